The summed E-state index contributed by atoms with van der Waals surface area (Å²) in [6.45, 7) is 3.97. The topological polar surface area (TPSA) is 125 Å². The van der Waals surface area contributed by atoms with Crippen LogP contribution in [-0.2, 0) is 20.9 Å². The minimum absolute atomic E-state index is 0.0347. The van der Waals surface area contributed by atoms with Gasteiger partial charge in [-0.3, -0.25) is 9.69 Å². The van der Waals surface area contributed by atoms with Crippen molar-refractivity contribution >= 4 is 12.0 Å². The van der Waals surface area contributed by atoms with Crippen LogP contribution in [-0.4, -0.2) is 56.6 Å². The summed E-state index contributed by atoms with van der Waals surface area (Å²) in [5.74, 6) is 1.46. The number of ether oxygens (including phenoxy) is 2. The summed E-state index contributed by atoms with van der Waals surface area (Å²) < 4.78 is 11.4. The first-order chi connectivity index (χ1) is 25.0. The summed E-state index contributed by atoms with van der Waals surface area (Å²) in [5.41, 5.74) is 6.98. The van der Waals surface area contributed by atoms with Gasteiger partial charge >= 0.3 is 6.09 Å². The van der Waals surface area contributed by atoms with Gasteiger partial charge in [-0.2, -0.15) is 0 Å². The molecule has 2 aliphatic rings. The van der Waals surface area contributed by atoms with Gasteiger partial charge < -0.3 is 24.8 Å². The Labute approximate surface area is 298 Å². The molecule has 3 aromatic carbocycles. The molecule has 3 atom stereocenters. The van der Waals surface area contributed by atoms with Crippen LogP contribution < -0.4 is 5.32 Å². The highest BCUT2D eigenvalue weighted by Gasteiger charge is 2.33. The molecular formula is C41H44N6O4. The van der Waals surface area contributed by atoms with Gasteiger partial charge in [-0.15, -0.1) is 0 Å². The molecule has 2 aliphatic heterocycles. The zero-order valence-electron chi connectivity index (χ0n) is 28.9. The second kappa shape index (κ2) is 16.0. The first-order valence-electron chi connectivity index (χ1n) is 17.8. The molecule has 262 valence electrons. The van der Waals surface area contributed by atoms with Crippen LogP contribution in [0.1, 0.15) is 68.3 Å². The number of nitrogens with zero attached hydrogens (tertiary/aromatic N) is 3. The highest BCUT2D eigenvalue weighted by Crippen LogP contribution is 2.33. The average Bonchev–Trinajstić information content (AvgIpc) is 3.96. The van der Waals surface area contributed by atoms with Crippen molar-refractivity contribution in [3.8, 4) is 33.6 Å². The molecule has 1 fully saturated rings. The largest absolute Gasteiger partial charge is 0.445 e. The molecule has 7 rings (SSSR count). The summed E-state index contributed by atoms with van der Waals surface area (Å²) in [4.78, 5) is 43.8. The first kappa shape index (κ1) is 34.0. The predicted molar refractivity (Wildman–Crippen MR) is 196 cm³/mol. The smallest absolute Gasteiger partial charge is 0.410 e. The number of hydrogen-bond acceptors (Lipinski definition) is 6. The maximum atomic E-state index is 12.9. The van der Waals surface area contributed by atoms with Gasteiger partial charge in [0.05, 0.1) is 42.5 Å². The van der Waals surface area contributed by atoms with Crippen LogP contribution in [0.15, 0.2) is 103 Å². The molecule has 2 aromatic heterocycles. The van der Waals surface area contributed by atoms with E-state index in [0.29, 0.717) is 26.2 Å². The number of carbonyl (C=O) groups is 2. The number of benzene rings is 3. The highest BCUT2D eigenvalue weighted by atomic mass is 16.6. The highest BCUT2D eigenvalue weighted by molar-refractivity contribution is 5.78. The molecular weight excluding hydrogens is 640 g/mol. The number of amides is 2. The van der Waals surface area contributed by atoms with E-state index in [0.717, 1.165) is 76.5 Å². The number of aromatic nitrogens is 4. The minimum Gasteiger partial charge on any atom is -0.445 e. The van der Waals surface area contributed by atoms with Crippen LogP contribution in [0, 0.1) is 5.92 Å². The summed E-state index contributed by atoms with van der Waals surface area (Å²) in [7, 11) is 0. The maximum Gasteiger partial charge on any atom is 0.410 e. The number of imidazole rings is 2. The molecule has 10 heteroatoms. The standard InChI is InChI=1S/C41H44N6O4/c1-28-9-4-3-7-23-50-24-21-34(46-40(28)48)38-42-25-35(44-38)32-17-13-30(14-18-32)31-15-19-33(20-16-31)36-26-43-39(45-36)37-12-8-22-47(37)41(49)51-27-29-10-5-2-6-11-29/h2-3,5-7,10-11,13-20,25-26,28,34,37H,4,8-9,12,21-24,27H2,1H3,(H,42,44)(H,43,45)(H,46,48)/b7-3-. The molecule has 5 aromatic rings. The zero-order valence-corrected chi connectivity index (χ0v) is 28.9. The van der Waals surface area contributed by atoms with Gasteiger partial charge in [0.1, 0.15) is 18.3 Å². The van der Waals surface area contributed by atoms with Crippen molar-refractivity contribution in [3.63, 3.8) is 0 Å². The third-order valence-corrected chi connectivity index (χ3v) is 9.72. The molecule has 3 unspecified atom stereocenters. The SMILES string of the molecule is CC1CC/C=C\COCCC(c2ncc(-c3ccc(-c4ccc(-c5cnc(C6CCCN6C(=O)OCc6ccccc6)[nH]5)cc4)cc3)[nH]2)NC1=O. The second-order valence-electron chi connectivity index (χ2n) is 13.3. The third kappa shape index (κ3) is 8.29. The fraction of sp³-hybridized carbons (Fsp3) is 0.317. The Morgan fingerprint density at radius 2 is 1.47 bits per heavy atom. The Balaban J connectivity index is 0.980. The van der Waals surface area contributed by atoms with Gasteiger partial charge in [0.15, 0.2) is 0 Å². The van der Waals surface area contributed by atoms with Gasteiger partial charge in [-0.05, 0) is 59.9 Å². The molecule has 0 spiro atoms. The summed E-state index contributed by atoms with van der Waals surface area (Å²) in [6, 6.07) is 26.1. The Hall–Kier alpha value is -5.48. The van der Waals surface area contributed by atoms with E-state index in [9.17, 15) is 9.59 Å². The zero-order chi connectivity index (χ0) is 35.0. The number of carbonyl (C=O) groups excluding carboxylic acids is 2. The number of likely N-dealkylation sites (tertiary alicyclic amines) is 1. The number of aromatic amines is 2. The van der Waals surface area contributed by atoms with Crippen molar-refractivity contribution in [2.24, 2.45) is 5.92 Å². The molecule has 0 saturated carbocycles. The lowest BCUT2D eigenvalue weighted by Gasteiger charge is -2.22. The molecule has 4 heterocycles. The van der Waals surface area contributed by atoms with E-state index in [4.69, 9.17) is 9.47 Å². The molecule has 10 nitrogen and oxygen atoms in total. The number of H-pyrrole nitrogens is 2. The molecule has 1 saturated heterocycles. The molecule has 0 radical (unpaired) electrons. The van der Waals surface area contributed by atoms with Crippen LogP contribution in [0.3, 0.4) is 0 Å². The molecule has 0 aliphatic carbocycles. The number of hydrogen-bond donors (Lipinski definition) is 3. The number of rotatable bonds is 7. The fourth-order valence-corrected chi connectivity index (χ4v) is 6.68. The Bertz CT molecular complexity index is 1930. The summed E-state index contributed by atoms with van der Waals surface area (Å²) >= 11 is 0. The third-order valence-electron chi connectivity index (χ3n) is 9.72. The van der Waals surface area contributed by atoms with Crippen molar-refractivity contribution in [1.82, 2.24) is 30.2 Å². The quantitative estimate of drug-likeness (QED) is 0.149. The first-order valence-corrected chi connectivity index (χ1v) is 17.8. The van der Waals surface area contributed by atoms with Crippen LogP contribution in [0.5, 0.6) is 0 Å². The lowest BCUT2D eigenvalue weighted by molar-refractivity contribution is -0.125. The Morgan fingerprint density at radius 3 is 2.18 bits per heavy atom. The number of nitrogens with one attached hydrogen (secondary N) is 3. The van der Waals surface area contributed by atoms with Crippen molar-refractivity contribution in [2.45, 2.75) is 57.7 Å². The van der Waals surface area contributed by atoms with E-state index in [-0.39, 0.29) is 36.6 Å². The van der Waals surface area contributed by atoms with Gasteiger partial charge in [0.2, 0.25) is 5.91 Å². The van der Waals surface area contributed by atoms with E-state index >= 15 is 0 Å². The van der Waals surface area contributed by atoms with Gasteiger partial charge in [-0.1, -0.05) is 97.9 Å². The Morgan fingerprint density at radius 1 is 0.824 bits per heavy atom. The van der Waals surface area contributed by atoms with Crippen molar-refractivity contribution in [1.29, 1.82) is 0 Å². The predicted octanol–water partition coefficient (Wildman–Crippen LogP) is 8.16. The number of allylic oxidation sites excluding steroid dienone is 1. The van der Waals surface area contributed by atoms with Crippen LogP contribution in [0.2, 0.25) is 0 Å². The normalized spacial score (nSPS) is 20.6. The summed E-state index contributed by atoms with van der Waals surface area (Å²) in [6.07, 6.45) is 11.5. The van der Waals surface area contributed by atoms with Gasteiger partial charge in [-0.25, -0.2) is 14.8 Å². The Kier molecular flexibility index (Phi) is 10.7. The monoisotopic (exact) mass is 684 g/mol. The lowest BCUT2D eigenvalue weighted by Crippen LogP contribution is -2.34. The van der Waals surface area contributed by atoms with E-state index in [1.54, 1.807) is 4.90 Å². The second-order valence-corrected chi connectivity index (χ2v) is 13.3. The van der Waals surface area contributed by atoms with E-state index in [2.05, 4.69) is 79.9 Å². The van der Waals surface area contributed by atoms with Crippen molar-refractivity contribution in [2.75, 3.05) is 19.8 Å². The van der Waals surface area contributed by atoms with Gasteiger partial charge in [0, 0.05) is 19.1 Å². The van der Waals surface area contributed by atoms with Crippen LogP contribution in [0.4, 0.5) is 4.79 Å². The average molecular weight is 685 g/mol. The molecule has 3 N–H and O–H groups in total. The lowest BCUT2D eigenvalue weighted by atomic mass is 10.0. The van der Waals surface area contributed by atoms with E-state index < -0.39 is 0 Å². The molecule has 2 amide bonds. The van der Waals surface area contributed by atoms with E-state index in [1.807, 2.05) is 55.7 Å². The fourth-order valence-electron chi connectivity index (χ4n) is 6.68. The maximum absolute atomic E-state index is 12.9. The van der Waals surface area contributed by atoms with Crippen LogP contribution >= 0.6 is 0 Å². The molecule has 51 heavy (non-hydrogen) atoms. The van der Waals surface area contributed by atoms with Crippen molar-refractivity contribution in [3.05, 3.63) is 121 Å². The van der Waals surface area contributed by atoms with E-state index in [1.165, 1.54) is 0 Å². The van der Waals surface area contributed by atoms with Crippen LogP contribution in [0.25, 0.3) is 33.6 Å². The molecule has 0 bridgehead atoms. The summed E-state index contributed by atoms with van der Waals surface area (Å²) in [5, 5.41) is 3.18. The van der Waals surface area contributed by atoms with Crippen molar-refractivity contribution < 1.29 is 19.1 Å². The van der Waals surface area contributed by atoms with Gasteiger partial charge in [0.25, 0.3) is 0 Å². The minimum atomic E-state index is -0.315.